The van der Waals surface area contributed by atoms with E-state index in [1.54, 1.807) is 24.4 Å². The minimum absolute atomic E-state index is 0.00200. The molecule has 1 aromatic carbocycles. The Morgan fingerprint density at radius 3 is 2.63 bits per heavy atom. The molecule has 0 unspecified atom stereocenters. The third-order valence-electron chi connectivity index (χ3n) is 6.41. The maximum absolute atomic E-state index is 12.7. The Hall–Kier alpha value is -2.71. The lowest BCUT2D eigenvalue weighted by molar-refractivity contribution is -0.208. The highest BCUT2D eigenvalue weighted by Crippen LogP contribution is 2.75. The highest BCUT2D eigenvalue weighted by molar-refractivity contribution is 6.31. The van der Waals surface area contributed by atoms with Crippen molar-refractivity contribution < 1.29 is 14.3 Å². The number of carbonyl (C=O) groups is 2. The van der Waals surface area contributed by atoms with Gasteiger partial charge in [-0.25, -0.2) is 4.98 Å². The highest BCUT2D eigenvalue weighted by atomic mass is 35.5. The number of nitrogens with zero attached hydrogens (tertiary/aromatic N) is 2. The van der Waals surface area contributed by atoms with Crippen LogP contribution in [-0.2, 0) is 16.0 Å². The molecule has 3 saturated carbocycles. The van der Waals surface area contributed by atoms with Gasteiger partial charge in [-0.15, -0.1) is 0 Å². The first-order chi connectivity index (χ1) is 14.3. The Morgan fingerprint density at radius 1 is 1.23 bits per heavy atom. The molecule has 0 N–H and O–H groups in total. The lowest BCUT2D eigenvalue weighted by Crippen LogP contribution is -2.65. The van der Waals surface area contributed by atoms with E-state index in [9.17, 15) is 9.59 Å². The lowest BCUT2D eigenvalue weighted by Gasteiger charge is -2.70. The van der Waals surface area contributed by atoms with Gasteiger partial charge in [-0.05, 0) is 73.4 Å². The molecule has 30 heavy (non-hydrogen) atoms. The minimum Gasteiger partial charge on any atom is -0.486 e. The van der Waals surface area contributed by atoms with Crippen molar-refractivity contribution >= 4 is 23.2 Å². The Bertz CT molecular complexity index is 1020. The van der Waals surface area contributed by atoms with E-state index in [2.05, 4.69) is 4.98 Å². The summed E-state index contributed by atoms with van der Waals surface area (Å²) in [7, 11) is 0. The molecular weight excluding hydrogens is 400 g/mol. The molecule has 5 nitrogen and oxygen atoms in total. The predicted octanol–water partition coefficient (Wildman–Crippen LogP) is 4.63. The van der Waals surface area contributed by atoms with Crippen LogP contribution in [0.25, 0.3) is 0 Å². The standard InChI is InChI=1S/C24H23ClN2O3/c1-16-8-20(5-6-21(16)25)30-12-19(28)9-23-13-24(14-23,15-23)22(29)7-3-17-2-4-18(10-26)27-11-17/h2,4-6,8,11H,3,7,9,12-15H2,1H3. The molecule has 0 saturated heterocycles. The van der Waals surface area contributed by atoms with Gasteiger partial charge in [-0.2, -0.15) is 5.26 Å². The van der Waals surface area contributed by atoms with Crippen LogP contribution in [0.4, 0.5) is 0 Å². The van der Waals surface area contributed by atoms with Gasteiger partial charge in [0.1, 0.15) is 29.9 Å². The largest absolute Gasteiger partial charge is 0.486 e. The van der Waals surface area contributed by atoms with E-state index in [-0.39, 0.29) is 29.0 Å². The van der Waals surface area contributed by atoms with E-state index >= 15 is 0 Å². The SMILES string of the molecule is Cc1cc(OCC(=O)CC23CC(C(=O)CCc4ccc(C#N)nc4)(C2)C3)ccc1Cl. The molecule has 1 aromatic heterocycles. The van der Waals surface area contributed by atoms with Crippen molar-refractivity contribution in [2.45, 2.75) is 45.4 Å². The van der Waals surface area contributed by atoms with E-state index in [4.69, 9.17) is 21.6 Å². The summed E-state index contributed by atoms with van der Waals surface area (Å²) in [5.74, 6) is 1.01. The maximum Gasteiger partial charge on any atom is 0.170 e. The zero-order chi connectivity index (χ0) is 21.4. The number of benzene rings is 1. The van der Waals surface area contributed by atoms with Crippen molar-refractivity contribution in [1.29, 1.82) is 5.26 Å². The van der Waals surface area contributed by atoms with Gasteiger partial charge < -0.3 is 4.74 Å². The summed E-state index contributed by atoms with van der Waals surface area (Å²) in [4.78, 5) is 29.1. The van der Waals surface area contributed by atoms with Gasteiger partial charge in [-0.3, -0.25) is 9.59 Å². The maximum atomic E-state index is 12.7. The van der Waals surface area contributed by atoms with Gasteiger partial charge in [0, 0.05) is 29.5 Å². The number of Topliss-reactive ketones (excluding diaryl/α,β-unsaturated/α-hetero) is 2. The van der Waals surface area contributed by atoms with Crippen molar-refractivity contribution in [3.63, 3.8) is 0 Å². The summed E-state index contributed by atoms with van der Waals surface area (Å²) in [5.41, 5.74) is 2.05. The number of hydrogen-bond donors (Lipinski definition) is 0. The van der Waals surface area contributed by atoms with Crippen molar-refractivity contribution in [3.8, 4) is 11.8 Å². The molecule has 0 amide bonds. The van der Waals surface area contributed by atoms with Gasteiger partial charge in [0.2, 0.25) is 0 Å². The normalized spacial score (nSPS) is 23.6. The molecule has 3 fully saturated rings. The van der Waals surface area contributed by atoms with Gasteiger partial charge >= 0.3 is 0 Å². The zero-order valence-corrected chi connectivity index (χ0v) is 17.7. The molecule has 6 heteroatoms. The van der Waals surface area contributed by atoms with Crippen LogP contribution in [0.2, 0.25) is 5.02 Å². The second-order valence-corrected chi connectivity index (χ2v) is 9.22. The molecule has 2 aromatic rings. The van der Waals surface area contributed by atoms with Crippen LogP contribution in [0, 0.1) is 29.1 Å². The second kappa shape index (κ2) is 7.85. The number of aryl methyl sites for hydroxylation is 2. The summed E-state index contributed by atoms with van der Waals surface area (Å²) >= 11 is 6.01. The number of pyridine rings is 1. The number of carbonyl (C=O) groups excluding carboxylic acids is 2. The van der Waals surface area contributed by atoms with Gasteiger partial charge in [0.15, 0.2) is 5.78 Å². The summed E-state index contributed by atoms with van der Waals surface area (Å²) < 4.78 is 5.61. The van der Waals surface area contributed by atoms with Crippen molar-refractivity contribution in [1.82, 2.24) is 4.98 Å². The predicted molar refractivity (Wildman–Crippen MR) is 112 cm³/mol. The van der Waals surface area contributed by atoms with Crippen LogP contribution in [0.1, 0.15) is 48.9 Å². The molecule has 5 rings (SSSR count). The lowest BCUT2D eigenvalue weighted by atomic mass is 9.33. The van der Waals surface area contributed by atoms with Crippen LogP contribution in [0.3, 0.4) is 0 Å². The number of rotatable bonds is 9. The van der Waals surface area contributed by atoms with E-state index in [0.29, 0.717) is 35.7 Å². The number of hydrogen-bond acceptors (Lipinski definition) is 5. The Balaban J connectivity index is 1.21. The first-order valence-electron chi connectivity index (χ1n) is 10.1. The fraction of sp³-hybridized carbons (Fsp3) is 0.417. The Kier molecular flexibility index (Phi) is 5.38. The molecule has 0 spiro atoms. The fourth-order valence-corrected chi connectivity index (χ4v) is 5.10. The van der Waals surface area contributed by atoms with Crippen LogP contribution in [0.5, 0.6) is 5.75 Å². The fourth-order valence-electron chi connectivity index (χ4n) is 4.98. The number of halogens is 1. The summed E-state index contributed by atoms with van der Waals surface area (Å²) in [6.45, 7) is 1.95. The first-order valence-corrected chi connectivity index (χ1v) is 10.5. The average Bonchev–Trinajstić information content (AvgIpc) is 2.69. The monoisotopic (exact) mass is 422 g/mol. The van der Waals surface area contributed by atoms with E-state index in [1.165, 1.54) is 0 Å². The Labute approximate surface area is 181 Å². The third kappa shape index (κ3) is 3.97. The summed E-state index contributed by atoms with van der Waals surface area (Å²) in [6, 6.07) is 10.9. The zero-order valence-electron chi connectivity index (χ0n) is 16.9. The third-order valence-corrected chi connectivity index (χ3v) is 6.84. The van der Waals surface area contributed by atoms with Gasteiger partial charge in [0.25, 0.3) is 0 Å². The molecule has 0 atom stereocenters. The van der Waals surface area contributed by atoms with Crippen molar-refractivity contribution in [2.24, 2.45) is 10.8 Å². The topological polar surface area (TPSA) is 80.0 Å². The van der Waals surface area contributed by atoms with Gasteiger partial charge in [-0.1, -0.05) is 17.7 Å². The molecule has 0 aliphatic heterocycles. The van der Waals surface area contributed by atoms with Crippen molar-refractivity contribution in [2.75, 3.05) is 6.61 Å². The minimum atomic E-state index is -0.214. The molecule has 154 valence electrons. The molecule has 3 aliphatic rings. The average molecular weight is 423 g/mol. The van der Waals surface area contributed by atoms with Gasteiger partial charge in [0.05, 0.1) is 0 Å². The number of ether oxygens (including phenoxy) is 1. The molecular formula is C24H23ClN2O3. The van der Waals surface area contributed by atoms with E-state index in [1.807, 2.05) is 25.1 Å². The number of nitriles is 1. The summed E-state index contributed by atoms with van der Waals surface area (Å²) in [5, 5.41) is 9.47. The van der Waals surface area contributed by atoms with E-state index in [0.717, 1.165) is 30.4 Å². The second-order valence-electron chi connectivity index (χ2n) is 8.81. The molecule has 1 heterocycles. The smallest absolute Gasteiger partial charge is 0.170 e. The Morgan fingerprint density at radius 2 is 2.00 bits per heavy atom. The highest BCUT2D eigenvalue weighted by Gasteiger charge is 2.70. The molecule has 2 bridgehead atoms. The quantitative estimate of drug-likeness (QED) is 0.588. The number of ketones is 2. The van der Waals surface area contributed by atoms with Crippen LogP contribution >= 0.6 is 11.6 Å². The van der Waals surface area contributed by atoms with Crippen molar-refractivity contribution in [3.05, 3.63) is 58.4 Å². The number of aromatic nitrogens is 1. The van der Waals surface area contributed by atoms with E-state index < -0.39 is 0 Å². The molecule has 0 radical (unpaired) electrons. The van der Waals surface area contributed by atoms with Crippen LogP contribution in [0.15, 0.2) is 36.5 Å². The van der Waals surface area contributed by atoms with Crippen LogP contribution in [-0.4, -0.2) is 23.2 Å². The first kappa shape index (κ1) is 20.6. The summed E-state index contributed by atoms with van der Waals surface area (Å²) in [6.07, 6.45) is 5.71. The van der Waals surface area contributed by atoms with Crippen LogP contribution < -0.4 is 4.74 Å². The molecule has 3 aliphatic carbocycles.